The van der Waals surface area contributed by atoms with Crippen LogP contribution in [-0.4, -0.2) is 29.0 Å². The molecular formula is C15H13ClFN3O3. The fourth-order valence-electron chi connectivity index (χ4n) is 1.89. The second-order valence-electron chi connectivity index (χ2n) is 4.73. The van der Waals surface area contributed by atoms with Crippen LogP contribution in [0.3, 0.4) is 0 Å². The predicted octanol–water partition coefficient (Wildman–Crippen LogP) is 2.99. The van der Waals surface area contributed by atoms with E-state index in [1.807, 2.05) is 0 Å². The van der Waals surface area contributed by atoms with Gasteiger partial charge in [-0.05, 0) is 24.6 Å². The van der Waals surface area contributed by atoms with Crippen molar-refractivity contribution in [3.05, 3.63) is 40.4 Å². The highest BCUT2D eigenvalue weighted by atomic mass is 35.5. The largest absolute Gasteiger partial charge is 0.464 e. The SMILES string of the molecule is COC(=O)c1nc(-c2ncc(C)cc2F)cc(NC(C)=O)c1Cl. The van der Waals surface area contributed by atoms with Gasteiger partial charge in [0, 0.05) is 13.1 Å². The molecule has 0 atom stereocenters. The molecule has 0 spiro atoms. The lowest BCUT2D eigenvalue weighted by molar-refractivity contribution is -0.114. The summed E-state index contributed by atoms with van der Waals surface area (Å²) in [7, 11) is 1.16. The lowest BCUT2D eigenvalue weighted by Gasteiger charge is -2.11. The number of carbonyl (C=O) groups is 2. The third-order valence-electron chi connectivity index (χ3n) is 2.87. The van der Waals surface area contributed by atoms with E-state index in [4.69, 9.17) is 11.6 Å². The van der Waals surface area contributed by atoms with Crippen molar-refractivity contribution in [2.75, 3.05) is 12.4 Å². The Morgan fingerprint density at radius 1 is 1.35 bits per heavy atom. The highest BCUT2D eigenvalue weighted by molar-refractivity contribution is 6.36. The van der Waals surface area contributed by atoms with Gasteiger partial charge in [0.15, 0.2) is 11.5 Å². The van der Waals surface area contributed by atoms with Gasteiger partial charge in [-0.25, -0.2) is 14.2 Å². The Labute approximate surface area is 136 Å². The summed E-state index contributed by atoms with van der Waals surface area (Å²) >= 11 is 6.06. The van der Waals surface area contributed by atoms with Crippen molar-refractivity contribution in [2.24, 2.45) is 0 Å². The summed E-state index contributed by atoms with van der Waals surface area (Å²) in [4.78, 5) is 31.1. The van der Waals surface area contributed by atoms with Gasteiger partial charge in [-0.2, -0.15) is 0 Å². The Kier molecular flexibility index (Phi) is 4.90. The molecule has 6 nitrogen and oxygen atoms in total. The van der Waals surface area contributed by atoms with Crippen molar-refractivity contribution in [3.8, 4) is 11.4 Å². The first-order valence-corrected chi connectivity index (χ1v) is 6.90. The van der Waals surface area contributed by atoms with Crippen LogP contribution in [0.4, 0.5) is 10.1 Å². The molecule has 0 radical (unpaired) electrons. The number of ether oxygens (including phenoxy) is 1. The number of nitrogens with zero attached hydrogens (tertiary/aromatic N) is 2. The maximum absolute atomic E-state index is 14.1. The maximum Gasteiger partial charge on any atom is 0.358 e. The lowest BCUT2D eigenvalue weighted by Crippen LogP contribution is -2.12. The topological polar surface area (TPSA) is 81.2 Å². The summed E-state index contributed by atoms with van der Waals surface area (Å²) in [5, 5.41) is 2.37. The number of nitrogens with one attached hydrogen (secondary N) is 1. The van der Waals surface area contributed by atoms with Gasteiger partial charge >= 0.3 is 5.97 Å². The van der Waals surface area contributed by atoms with Gasteiger partial charge in [0.05, 0.1) is 23.5 Å². The first-order chi connectivity index (χ1) is 10.8. The van der Waals surface area contributed by atoms with Crippen LogP contribution in [0.25, 0.3) is 11.4 Å². The Morgan fingerprint density at radius 3 is 2.61 bits per heavy atom. The number of methoxy groups -OCH3 is 1. The van der Waals surface area contributed by atoms with Crippen LogP contribution in [-0.2, 0) is 9.53 Å². The molecule has 8 heteroatoms. The first kappa shape index (κ1) is 16.8. The molecule has 2 aromatic heterocycles. The number of hydrogen-bond acceptors (Lipinski definition) is 5. The molecule has 0 aliphatic heterocycles. The normalized spacial score (nSPS) is 10.3. The van der Waals surface area contributed by atoms with Crippen molar-refractivity contribution >= 4 is 29.2 Å². The van der Waals surface area contributed by atoms with Gasteiger partial charge in [-0.15, -0.1) is 0 Å². The Morgan fingerprint density at radius 2 is 2.04 bits per heavy atom. The molecule has 2 heterocycles. The second kappa shape index (κ2) is 6.70. The van der Waals surface area contributed by atoms with Gasteiger partial charge in [-0.3, -0.25) is 9.78 Å². The third kappa shape index (κ3) is 3.62. The van der Waals surface area contributed by atoms with E-state index in [2.05, 4.69) is 20.0 Å². The number of amides is 1. The molecule has 0 unspecified atom stereocenters. The standard InChI is InChI=1S/C15H13ClFN3O3/c1-7-4-9(17)13(18-6-7)11-5-10(19-8(2)21)12(16)14(20-11)15(22)23-3/h4-6H,1-3H3,(H,19,20,21). The molecule has 1 amide bonds. The molecule has 0 aliphatic rings. The van der Waals surface area contributed by atoms with E-state index in [0.717, 1.165) is 7.11 Å². The maximum atomic E-state index is 14.1. The van der Waals surface area contributed by atoms with E-state index < -0.39 is 17.7 Å². The van der Waals surface area contributed by atoms with E-state index in [-0.39, 0.29) is 27.8 Å². The zero-order valence-electron chi connectivity index (χ0n) is 12.6. The summed E-state index contributed by atoms with van der Waals surface area (Å²) in [6.07, 6.45) is 1.46. The van der Waals surface area contributed by atoms with E-state index >= 15 is 0 Å². The van der Waals surface area contributed by atoms with Crippen LogP contribution in [0, 0.1) is 12.7 Å². The number of esters is 1. The molecule has 1 N–H and O–H groups in total. The second-order valence-corrected chi connectivity index (χ2v) is 5.11. The van der Waals surface area contributed by atoms with Crippen molar-refractivity contribution in [1.29, 1.82) is 0 Å². The van der Waals surface area contributed by atoms with Crippen LogP contribution in [0.15, 0.2) is 18.3 Å². The Balaban J connectivity index is 2.67. The minimum atomic E-state index is -0.809. The summed E-state index contributed by atoms with van der Waals surface area (Å²) < 4.78 is 18.7. The zero-order valence-corrected chi connectivity index (χ0v) is 13.4. The average molecular weight is 338 g/mol. The van der Waals surface area contributed by atoms with Crippen LogP contribution < -0.4 is 5.32 Å². The third-order valence-corrected chi connectivity index (χ3v) is 3.25. The minimum absolute atomic E-state index is 0.0519. The van der Waals surface area contributed by atoms with Gasteiger partial charge < -0.3 is 10.1 Å². The Hall–Kier alpha value is -2.54. The molecule has 2 aromatic rings. The number of rotatable bonds is 3. The van der Waals surface area contributed by atoms with Gasteiger partial charge in [-0.1, -0.05) is 11.6 Å². The van der Waals surface area contributed by atoms with Crippen LogP contribution in [0.2, 0.25) is 5.02 Å². The molecule has 0 saturated heterocycles. The predicted molar refractivity (Wildman–Crippen MR) is 82.8 cm³/mol. The van der Waals surface area contributed by atoms with Crippen LogP contribution >= 0.6 is 11.6 Å². The van der Waals surface area contributed by atoms with Crippen LogP contribution in [0.1, 0.15) is 23.0 Å². The molecular weight excluding hydrogens is 325 g/mol. The number of anilines is 1. The lowest BCUT2D eigenvalue weighted by atomic mass is 10.1. The Bertz CT molecular complexity index is 796. The monoisotopic (exact) mass is 337 g/mol. The number of aryl methyl sites for hydroxylation is 1. The van der Waals surface area contributed by atoms with Gasteiger partial charge in [0.25, 0.3) is 0 Å². The summed E-state index contributed by atoms with van der Waals surface area (Å²) in [5.41, 5.74) is 0.499. The molecule has 120 valence electrons. The summed E-state index contributed by atoms with van der Waals surface area (Å²) in [6.45, 7) is 2.97. The van der Waals surface area contributed by atoms with E-state index in [9.17, 15) is 14.0 Å². The average Bonchev–Trinajstić information content (AvgIpc) is 2.48. The van der Waals surface area contributed by atoms with Gasteiger partial charge in [0.1, 0.15) is 5.69 Å². The van der Waals surface area contributed by atoms with Crippen molar-refractivity contribution in [1.82, 2.24) is 9.97 Å². The first-order valence-electron chi connectivity index (χ1n) is 6.52. The van der Waals surface area contributed by atoms with Gasteiger partial charge in [0.2, 0.25) is 5.91 Å². The van der Waals surface area contributed by atoms with E-state index in [1.54, 1.807) is 6.92 Å². The quantitative estimate of drug-likeness (QED) is 0.871. The summed E-state index contributed by atoms with van der Waals surface area (Å²) in [6, 6.07) is 2.63. The molecule has 0 aliphatic carbocycles. The van der Waals surface area contributed by atoms with Crippen molar-refractivity contribution in [3.63, 3.8) is 0 Å². The molecule has 2 rings (SSSR count). The molecule has 23 heavy (non-hydrogen) atoms. The molecule has 0 saturated carbocycles. The van der Waals surface area contributed by atoms with Crippen LogP contribution in [0.5, 0.6) is 0 Å². The number of carbonyl (C=O) groups excluding carboxylic acids is 2. The molecule has 0 fully saturated rings. The molecule has 0 aromatic carbocycles. The van der Waals surface area contributed by atoms with E-state index in [1.165, 1.54) is 25.3 Å². The molecule has 0 bridgehead atoms. The smallest absolute Gasteiger partial charge is 0.358 e. The number of halogens is 2. The zero-order chi connectivity index (χ0) is 17.1. The minimum Gasteiger partial charge on any atom is -0.464 e. The van der Waals surface area contributed by atoms with E-state index in [0.29, 0.717) is 5.56 Å². The highest BCUT2D eigenvalue weighted by Crippen LogP contribution is 2.31. The number of aromatic nitrogens is 2. The number of pyridine rings is 2. The van der Waals surface area contributed by atoms with Crippen molar-refractivity contribution < 1.29 is 18.7 Å². The fourth-order valence-corrected chi connectivity index (χ4v) is 2.11. The fraction of sp³-hybridized carbons (Fsp3) is 0.200. The van der Waals surface area contributed by atoms with Crippen molar-refractivity contribution in [2.45, 2.75) is 13.8 Å². The summed E-state index contributed by atoms with van der Waals surface area (Å²) in [5.74, 6) is -1.82. The highest BCUT2D eigenvalue weighted by Gasteiger charge is 2.21. The number of hydrogen-bond donors (Lipinski definition) is 1.